The molecule has 2 heteroatoms. The van der Waals surface area contributed by atoms with Gasteiger partial charge in [-0.2, -0.15) is 0 Å². The highest BCUT2D eigenvalue weighted by Crippen LogP contribution is 2.38. The maximum Gasteiger partial charge on any atom is 0.0834 e. The molecule has 0 spiro atoms. The maximum absolute atomic E-state index is 6.15. The van der Waals surface area contributed by atoms with Crippen LogP contribution in [0.2, 0.25) is 0 Å². The van der Waals surface area contributed by atoms with Gasteiger partial charge in [0.25, 0.3) is 0 Å². The summed E-state index contributed by atoms with van der Waals surface area (Å²) in [5.41, 5.74) is 2.48. The lowest BCUT2D eigenvalue weighted by atomic mass is 9.94. The van der Waals surface area contributed by atoms with Gasteiger partial charge in [0.15, 0.2) is 0 Å². The Morgan fingerprint density at radius 1 is 1.10 bits per heavy atom. The van der Waals surface area contributed by atoms with E-state index in [-0.39, 0.29) is 11.2 Å². The Balaban J connectivity index is 1.94. The molecule has 1 fully saturated rings. The fourth-order valence-corrected chi connectivity index (χ4v) is 3.34. The van der Waals surface area contributed by atoms with E-state index in [4.69, 9.17) is 4.74 Å². The number of unbranched alkanes of at least 4 members (excludes halogenated alkanes) is 2. The number of rotatable bonds is 6. The fourth-order valence-electron chi connectivity index (χ4n) is 3.34. The van der Waals surface area contributed by atoms with Gasteiger partial charge in [0.05, 0.1) is 17.2 Å². The lowest BCUT2D eigenvalue weighted by Crippen LogP contribution is -2.38. The summed E-state index contributed by atoms with van der Waals surface area (Å²) in [5, 5.41) is 3.66. The van der Waals surface area contributed by atoms with E-state index in [9.17, 15) is 0 Å². The van der Waals surface area contributed by atoms with Crippen molar-refractivity contribution in [3.8, 4) is 0 Å². The quantitative estimate of drug-likeness (QED) is 0.729. The SMILES string of the molecule is CCCCCc1ccc(NC2CC(C)(C)OC2(C)C)cc1. The molecule has 21 heavy (non-hydrogen) atoms. The van der Waals surface area contributed by atoms with Gasteiger partial charge in [-0.25, -0.2) is 0 Å². The van der Waals surface area contributed by atoms with Crippen LogP contribution in [0.15, 0.2) is 24.3 Å². The van der Waals surface area contributed by atoms with Crippen LogP contribution in [-0.4, -0.2) is 17.2 Å². The van der Waals surface area contributed by atoms with Gasteiger partial charge < -0.3 is 10.1 Å². The van der Waals surface area contributed by atoms with Crippen molar-refractivity contribution in [2.24, 2.45) is 0 Å². The first kappa shape index (κ1) is 16.4. The highest BCUT2D eigenvalue weighted by molar-refractivity contribution is 5.46. The normalized spacial score (nSPS) is 23.2. The molecule has 1 heterocycles. The summed E-state index contributed by atoms with van der Waals surface area (Å²) >= 11 is 0. The zero-order chi connectivity index (χ0) is 15.5. The molecule has 2 nitrogen and oxygen atoms in total. The smallest absolute Gasteiger partial charge is 0.0834 e. The average Bonchev–Trinajstić information content (AvgIpc) is 2.59. The molecule has 0 amide bonds. The number of benzene rings is 1. The van der Waals surface area contributed by atoms with Crippen LogP contribution < -0.4 is 5.32 Å². The van der Waals surface area contributed by atoms with Crippen molar-refractivity contribution in [3.05, 3.63) is 29.8 Å². The maximum atomic E-state index is 6.15. The van der Waals surface area contributed by atoms with Crippen LogP contribution in [0.5, 0.6) is 0 Å². The second-order valence-electron chi connectivity index (χ2n) is 7.52. The molecule has 0 aliphatic carbocycles. The van der Waals surface area contributed by atoms with E-state index in [1.54, 1.807) is 0 Å². The van der Waals surface area contributed by atoms with Gasteiger partial charge >= 0.3 is 0 Å². The molecule has 1 aliphatic heterocycles. The zero-order valence-electron chi connectivity index (χ0n) is 14.3. The van der Waals surface area contributed by atoms with E-state index >= 15 is 0 Å². The molecule has 1 N–H and O–H groups in total. The van der Waals surface area contributed by atoms with Crippen molar-refractivity contribution >= 4 is 5.69 Å². The Kier molecular flexibility index (Phi) is 4.98. The van der Waals surface area contributed by atoms with E-state index in [1.165, 1.54) is 36.9 Å². The van der Waals surface area contributed by atoms with Crippen LogP contribution in [0.1, 0.15) is 65.9 Å². The van der Waals surface area contributed by atoms with Gasteiger partial charge in [0, 0.05) is 5.69 Å². The first-order chi connectivity index (χ1) is 9.82. The van der Waals surface area contributed by atoms with E-state index in [0.29, 0.717) is 6.04 Å². The van der Waals surface area contributed by atoms with Crippen LogP contribution in [-0.2, 0) is 11.2 Å². The third-order valence-electron chi connectivity index (χ3n) is 4.44. The number of nitrogens with one attached hydrogen (secondary N) is 1. The molecule has 2 rings (SSSR count). The van der Waals surface area contributed by atoms with E-state index < -0.39 is 0 Å². The summed E-state index contributed by atoms with van der Waals surface area (Å²) < 4.78 is 6.15. The Morgan fingerprint density at radius 3 is 2.29 bits per heavy atom. The number of hydrogen-bond donors (Lipinski definition) is 1. The summed E-state index contributed by atoms with van der Waals surface area (Å²) in [7, 11) is 0. The number of aryl methyl sites for hydroxylation is 1. The highest BCUT2D eigenvalue weighted by atomic mass is 16.5. The minimum absolute atomic E-state index is 0.0404. The second-order valence-corrected chi connectivity index (χ2v) is 7.52. The van der Waals surface area contributed by atoms with Crippen molar-refractivity contribution in [1.29, 1.82) is 0 Å². The van der Waals surface area contributed by atoms with Crippen molar-refractivity contribution < 1.29 is 4.74 Å². The van der Waals surface area contributed by atoms with Crippen molar-refractivity contribution in [2.75, 3.05) is 5.32 Å². The largest absolute Gasteiger partial charge is 0.379 e. The minimum Gasteiger partial charge on any atom is -0.379 e. The molecule has 0 aromatic heterocycles. The first-order valence-corrected chi connectivity index (χ1v) is 8.38. The molecule has 1 aromatic rings. The van der Waals surface area contributed by atoms with Gasteiger partial charge in [-0.15, -0.1) is 0 Å². The van der Waals surface area contributed by atoms with Crippen LogP contribution in [0, 0.1) is 0 Å². The fraction of sp³-hybridized carbons (Fsp3) is 0.684. The molecule has 118 valence electrons. The van der Waals surface area contributed by atoms with Crippen LogP contribution in [0.3, 0.4) is 0 Å². The Hall–Kier alpha value is -1.02. The Morgan fingerprint density at radius 2 is 1.76 bits per heavy atom. The second kappa shape index (κ2) is 6.39. The summed E-state index contributed by atoms with van der Waals surface area (Å²) in [5.74, 6) is 0. The highest BCUT2D eigenvalue weighted by Gasteiger charge is 2.45. The number of ether oxygens (including phenoxy) is 1. The van der Waals surface area contributed by atoms with Gasteiger partial charge in [0.1, 0.15) is 0 Å². The molecule has 1 unspecified atom stereocenters. The molecule has 1 saturated heterocycles. The van der Waals surface area contributed by atoms with Gasteiger partial charge in [-0.3, -0.25) is 0 Å². The molecular weight excluding hydrogens is 258 g/mol. The minimum atomic E-state index is -0.122. The van der Waals surface area contributed by atoms with Crippen LogP contribution >= 0.6 is 0 Å². The Labute approximate surface area is 130 Å². The van der Waals surface area contributed by atoms with Crippen LogP contribution in [0.25, 0.3) is 0 Å². The topological polar surface area (TPSA) is 21.3 Å². The standard InChI is InChI=1S/C19H31NO/c1-6-7-8-9-15-10-12-16(13-11-15)20-17-14-18(2,3)21-19(17,4)5/h10-13,17,20H,6-9,14H2,1-5H3. The molecule has 1 aliphatic rings. The van der Waals surface area contributed by atoms with Gasteiger partial charge in [-0.05, 0) is 64.7 Å². The summed E-state index contributed by atoms with van der Waals surface area (Å²) in [6, 6.07) is 9.29. The molecular formula is C19H31NO. The lowest BCUT2D eigenvalue weighted by Gasteiger charge is -2.28. The number of anilines is 1. The van der Waals surface area contributed by atoms with Crippen LogP contribution in [0.4, 0.5) is 5.69 Å². The van der Waals surface area contributed by atoms with Crippen molar-refractivity contribution in [3.63, 3.8) is 0 Å². The van der Waals surface area contributed by atoms with Crippen molar-refractivity contribution in [2.45, 2.75) is 84.0 Å². The Bertz CT molecular complexity index is 447. The van der Waals surface area contributed by atoms with Crippen molar-refractivity contribution in [1.82, 2.24) is 0 Å². The van der Waals surface area contributed by atoms with E-state index in [2.05, 4.69) is 64.2 Å². The molecule has 0 radical (unpaired) electrons. The molecule has 1 aromatic carbocycles. The first-order valence-electron chi connectivity index (χ1n) is 8.38. The number of hydrogen-bond acceptors (Lipinski definition) is 2. The monoisotopic (exact) mass is 289 g/mol. The molecule has 1 atom stereocenters. The zero-order valence-corrected chi connectivity index (χ0v) is 14.3. The summed E-state index contributed by atoms with van der Waals surface area (Å²) in [6.45, 7) is 11.0. The summed E-state index contributed by atoms with van der Waals surface area (Å²) in [4.78, 5) is 0. The molecule has 0 saturated carbocycles. The summed E-state index contributed by atoms with van der Waals surface area (Å²) in [6.07, 6.45) is 6.13. The average molecular weight is 289 g/mol. The van der Waals surface area contributed by atoms with E-state index in [0.717, 1.165) is 6.42 Å². The third-order valence-corrected chi connectivity index (χ3v) is 4.44. The predicted molar refractivity (Wildman–Crippen MR) is 90.9 cm³/mol. The third kappa shape index (κ3) is 4.47. The lowest BCUT2D eigenvalue weighted by molar-refractivity contribution is -0.0662. The molecule has 0 bridgehead atoms. The van der Waals surface area contributed by atoms with Gasteiger partial charge in [0.2, 0.25) is 0 Å². The van der Waals surface area contributed by atoms with Gasteiger partial charge in [-0.1, -0.05) is 31.9 Å². The van der Waals surface area contributed by atoms with E-state index in [1.807, 2.05) is 0 Å². The predicted octanol–water partition coefficient (Wildman–Crippen LogP) is 5.18.